The maximum absolute atomic E-state index is 11.5. The van der Waals surface area contributed by atoms with Crippen LogP contribution < -0.4 is 11.5 Å². The molecule has 0 aromatic carbocycles. The Balaban J connectivity index is 2.95. The van der Waals surface area contributed by atoms with Crippen LogP contribution in [-0.4, -0.2) is 21.7 Å². The van der Waals surface area contributed by atoms with Gasteiger partial charge in [0.2, 0.25) is 0 Å². The van der Waals surface area contributed by atoms with Gasteiger partial charge in [0.1, 0.15) is 0 Å². The Hall–Kier alpha value is -1.36. The van der Waals surface area contributed by atoms with E-state index < -0.39 is 6.04 Å². The molecule has 0 saturated carbocycles. The molecule has 0 aliphatic carbocycles. The molecule has 0 fully saturated rings. The summed E-state index contributed by atoms with van der Waals surface area (Å²) >= 11 is 0. The van der Waals surface area contributed by atoms with Gasteiger partial charge in [0.15, 0.2) is 0 Å². The van der Waals surface area contributed by atoms with Crippen LogP contribution in [0.25, 0.3) is 0 Å². The zero-order chi connectivity index (χ0) is 10.0. The molecular formula is C8H14N4O. The third-order valence-electron chi connectivity index (χ3n) is 2.01. The third-order valence-corrected chi connectivity index (χ3v) is 2.01. The quantitative estimate of drug-likeness (QED) is 0.681. The predicted octanol–water partition coefficient (Wildman–Crippen LogP) is 0.151. The minimum atomic E-state index is -0.502. The molecule has 0 spiro atoms. The molecule has 1 aromatic heterocycles. The molecule has 5 nitrogen and oxygen atoms in total. The number of carbonyl (C=O) groups is 1. The van der Waals surface area contributed by atoms with Crippen molar-refractivity contribution in [3.05, 3.63) is 11.9 Å². The number of hydrogen-bond donors (Lipinski definition) is 2. The Kier molecular flexibility index (Phi) is 2.67. The lowest BCUT2D eigenvalue weighted by Gasteiger charge is -2.08. The van der Waals surface area contributed by atoms with E-state index in [4.69, 9.17) is 11.5 Å². The van der Waals surface area contributed by atoms with Crippen molar-refractivity contribution in [1.82, 2.24) is 9.78 Å². The summed E-state index contributed by atoms with van der Waals surface area (Å²) < 4.78 is 1.25. The Bertz CT molecular complexity index is 318. The van der Waals surface area contributed by atoms with Crippen molar-refractivity contribution in [1.29, 1.82) is 0 Å². The first kappa shape index (κ1) is 9.73. The van der Waals surface area contributed by atoms with Crippen molar-refractivity contribution in [3.63, 3.8) is 0 Å². The summed E-state index contributed by atoms with van der Waals surface area (Å²) in [4.78, 5) is 11.5. The number of carbonyl (C=O) groups excluding carboxylic acids is 1. The van der Waals surface area contributed by atoms with Crippen LogP contribution in [0.4, 0.5) is 5.69 Å². The fraction of sp³-hybridized carbons (Fsp3) is 0.500. The van der Waals surface area contributed by atoms with Gasteiger partial charge in [0, 0.05) is 0 Å². The summed E-state index contributed by atoms with van der Waals surface area (Å²) in [5, 5.41) is 3.85. The Morgan fingerprint density at radius 3 is 2.77 bits per heavy atom. The minimum Gasteiger partial charge on any atom is -0.396 e. The second kappa shape index (κ2) is 3.57. The van der Waals surface area contributed by atoms with E-state index >= 15 is 0 Å². The first-order valence-electron chi connectivity index (χ1n) is 4.17. The average Bonchev–Trinajstić information content (AvgIpc) is 2.45. The number of rotatable bonds is 2. The van der Waals surface area contributed by atoms with Crippen molar-refractivity contribution < 1.29 is 4.79 Å². The normalized spacial score (nSPS) is 12.8. The van der Waals surface area contributed by atoms with Crippen LogP contribution in [0.1, 0.15) is 23.8 Å². The number of nitrogens with two attached hydrogens (primary N) is 2. The van der Waals surface area contributed by atoms with Gasteiger partial charge in [0.05, 0.1) is 23.6 Å². The first-order chi connectivity index (χ1) is 6.07. The summed E-state index contributed by atoms with van der Waals surface area (Å²) in [7, 11) is 0. The van der Waals surface area contributed by atoms with Gasteiger partial charge < -0.3 is 11.5 Å². The fourth-order valence-corrected chi connectivity index (χ4v) is 0.976. The monoisotopic (exact) mass is 182 g/mol. The third kappa shape index (κ3) is 1.70. The van der Waals surface area contributed by atoms with Gasteiger partial charge in [-0.1, -0.05) is 6.92 Å². The van der Waals surface area contributed by atoms with Crippen LogP contribution in [0.5, 0.6) is 0 Å². The van der Waals surface area contributed by atoms with E-state index in [1.54, 1.807) is 6.92 Å². The summed E-state index contributed by atoms with van der Waals surface area (Å²) in [5.41, 5.74) is 12.3. The van der Waals surface area contributed by atoms with E-state index in [9.17, 15) is 4.79 Å². The maximum Gasteiger partial charge on any atom is 0.264 e. The zero-order valence-electron chi connectivity index (χ0n) is 7.82. The second-order valence-corrected chi connectivity index (χ2v) is 2.95. The largest absolute Gasteiger partial charge is 0.396 e. The van der Waals surface area contributed by atoms with Gasteiger partial charge in [-0.3, -0.25) is 4.79 Å². The van der Waals surface area contributed by atoms with Gasteiger partial charge in [-0.25, -0.2) is 4.68 Å². The molecule has 0 aliphatic rings. The molecular weight excluding hydrogens is 168 g/mol. The molecule has 0 amide bonds. The maximum atomic E-state index is 11.5. The van der Waals surface area contributed by atoms with Crippen LogP contribution in [0, 0.1) is 6.92 Å². The highest BCUT2D eigenvalue weighted by atomic mass is 16.2. The van der Waals surface area contributed by atoms with Crippen LogP contribution in [0.3, 0.4) is 0 Å². The molecule has 1 rings (SSSR count). The standard InChI is InChI=1S/C8H14N4O/c1-3-6(9)8(13)12-5(2)7(10)4-11-12/h4,6H,3,9-10H2,1-2H3. The van der Waals surface area contributed by atoms with Gasteiger partial charge >= 0.3 is 0 Å². The molecule has 1 unspecified atom stereocenters. The van der Waals surface area contributed by atoms with E-state index in [1.165, 1.54) is 10.9 Å². The van der Waals surface area contributed by atoms with Gasteiger partial charge in [-0.15, -0.1) is 0 Å². The highest BCUT2D eigenvalue weighted by Crippen LogP contribution is 2.08. The summed E-state index contributed by atoms with van der Waals surface area (Å²) in [6.07, 6.45) is 2.05. The molecule has 4 N–H and O–H groups in total. The van der Waals surface area contributed by atoms with Crippen molar-refractivity contribution in [3.8, 4) is 0 Å². The molecule has 0 bridgehead atoms. The van der Waals surface area contributed by atoms with Gasteiger partial charge in [0.25, 0.3) is 5.91 Å². The zero-order valence-corrected chi connectivity index (χ0v) is 7.82. The summed E-state index contributed by atoms with van der Waals surface area (Å²) in [6.45, 7) is 3.59. The second-order valence-electron chi connectivity index (χ2n) is 2.95. The van der Waals surface area contributed by atoms with Crippen LogP contribution in [-0.2, 0) is 0 Å². The molecule has 1 atom stereocenters. The first-order valence-corrected chi connectivity index (χ1v) is 4.17. The summed E-state index contributed by atoms with van der Waals surface area (Å²) in [5.74, 6) is -0.211. The number of hydrogen-bond acceptors (Lipinski definition) is 4. The number of nitrogens with zero attached hydrogens (tertiary/aromatic N) is 2. The molecule has 72 valence electrons. The molecule has 1 aromatic rings. The van der Waals surface area contributed by atoms with Gasteiger partial charge in [-0.2, -0.15) is 5.10 Å². The fourth-order valence-electron chi connectivity index (χ4n) is 0.976. The Morgan fingerprint density at radius 1 is 1.77 bits per heavy atom. The molecule has 13 heavy (non-hydrogen) atoms. The van der Waals surface area contributed by atoms with E-state index in [0.29, 0.717) is 17.8 Å². The average molecular weight is 182 g/mol. The van der Waals surface area contributed by atoms with Crippen molar-refractivity contribution in [2.75, 3.05) is 5.73 Å². The lowest BCUT2D eigenvalue weighted by atomic mass is 10.2. The topological polar surface area (TPSA) is 86.9 Å². The van der Waals surface area contributed by atoms with E-state index in [0.717, 1.165) is 0 Å². The highest BCUT2D eigenvalue weighted by Gasteiger charge is 2.16. The lowest BCUT2D eigenvalue weighted by molar-refractivity contribution is 0.0858. The van der Waals surface area contributed by atoms with Gasteiger partial charge in [-0.05, 0) is 13.3 Å². The van der Waals surface area contributed by atoms with Crippen LogP contribution in [0.15, 0.2) is 6.20 Å². The number of aromatic nitrogens is 2. The SMILES string of the molecule is CCC(N)C(=O)n1ncc(N)c1C. The molecule has 0 aliphatic heterocycles. The highest BCUT2D eigenvalue weighted by molar-refractivity contribution is 5.84. The smallest absolute Gasteiger partial charge is 0.264 e. The summed E-state index contributed by atoms with van der Waals surface area (Å²) in [6, 6.07) is -0.502. The van der Waals surface area contributed by atoms with E-state index in [1.807, 2.05) is 6.92 Å². The van der Waals surface area contributed by atoms with Crippen molar-refractivity contribution >= 4 is 11.6 Å². The number of nitrogen functional groups attached to an aromatic ring is 1. The molecule has 1 heterocycles. The van der Waals surface area contributed by atoms with E-state index in [-0.39, 0.29) is 5.91 Å². The van der Waals surface area contributed by atoms with Crippen LogP contribution >= 0.6 is 0 Å². The molecule has 0 radical (unpaired) electrons. The predicted molar refractivity (Wildman–Crippen MR) is 50.3 cm³/mol. The van der Waals surface area contributed by atoms with E-state index in [2.05, 4.69) is 5.10 Å². The minimum absolute atomic E-state index is 0.211. The van der Waals surface area contributed by atoms with Crippen molar-refractivity contribution in [2.45, 2.75) is 26.3 Å². The molecule has 5 heteroatoms. The Labute approximate surface area is 76.7 Å². The number of anilines is 1. The Morgan fingerprint density at radius 2 is 2.38 bits per heavy atom. The van der Waals surface area contributed by atoms with Crippen LogP contribution in [0.2, 0.25) is 0 Å². The molecule has 0 saturated heterocycles. The lowest BCUT2D eigenvalue weighted by Crippen LogP contribution is -2.35. The van der Waals surface area contributed by atoms with Crippen molar-refractivity contribution in [2.24, 2.45) is 5.73 Å².